The maximum absolute atomic E-state index is 10.1. The highest BCUT2D eigenvalue weighted by molar-refractivity contribution is 7.99. The van der Waals surface area contributed by atoms with Crippen LogP contribution in [0.1, 0.15) is 24.5 Å². The molecule has 1 saturated heterocycles. The Morgan fingerprint density at radius 2 is 2.22 bits per heavy atom. The molecule has 1 atom stereocenters. The first kappa shape index (κ1) is 13.7. The summed E-state index contributed by atoms with van der Waals surface area (Å²) in [6, 6.07) is 8.19. The molecule has 0 saturated carbocycles. The fourth-order valence-corrected chi connectivity index (χ4v) is 3.25. The lowest BCUT2D eigenvalue weighted by molar-refractivity contribution is 0.168. The van der Waals surface area contributed by atoms with E-state index in [0.717, 1.165) is 11.3 Å². The number of ether oxygens (including phenoxy) is 1. The van der Waals surface area contributed by atoms with Crippen molar-refractivity contribution in [2.45, 2.75) is 25.0 Å². The van der Waals surface area contributed by atoms with Crippen LogP contribution in [0.2, 0.25) is 0 Å². The minimum absolute atomic E-state index is 0.463. The van der Waals surface area contributed by atoms with Crippen molar-refractivity contribution in [3.8, 4) is 5.75 Å². The number of rotatable bonds is 5. The van der Waals surface area contributed by atoms with Gasteiger partial charge in [0.25, 0.3) is 0 Å². The number of hydrogen-bond acceptors (Lipinski definition) is 4. The van der Waals surface area contributed by atoms with Gasteiger partial charge in [0.05, 0.1) is 13.2 Å². The standard InChI is InChI=1S/C14H21NO2S/c1-17-13-4-2-3-11(9-13)14(16)10-15-12-5-7-18-8-6-12/h2-4,9,12,14-16H,5-8,10H2,1H3/t14-/m1/s1. The SMILES string of the molecule is COc1cccc([C@H](O)CNC2CCSCC2)c1. The summed E-state index contributed by atoms with van der Waals surface area (Å²) in [7, 11) is 1.64. The quantitative estimate of drug-likeness (QED) is 0.858. The van der Waals surface area contributed by atoms with Gasteiger partial charge in [0, 0.05) is 12.6 Å². The summed E-state index contributed by atoms with van der Waals surface area (Å²) in [5.41, 5.74) is 0.909. The van der Waals surface area contributed by atoms with E-state index in [-0.39, 0.29) is 0 Å². The summed E-state index contributed by atoms with van der Waals surface area (Å²) in [5, 5.41) is 13.6. The molecule has 0 spiro atoms. The predicted molar refractivity (Wildman–Crippen MR) is 76.3 cm³/mol. The van der Waals surface area contributed by atoms with Gasteiger partial charge in [-0.05, 0) is 42.0 Å². The van der Waals surface area contributed by atoms with E-state index in [2.05, 4.69) is 5.32 Å². The zero-order valence-electron chi connectivity index (χ0n) is 10.8. The lowest BCUT2D eigenvalue weighted by Gasteiger charge is -2.24. The molecule has 4 heteroatoms. The second kappa shape index (κ2) is 7.02. The van der Waals surface area contributed by atoms with Crippen molar-refractivity contribution < 1.29 is 9.84 Å². The highest BCUT2D eigenvalue weighted by atomic mass is 32.2. The van der Waals surface area contributed by atoms with Gasteiger partial charge >= 0.3 is 0 Å². The maximum atomic E-state index is 10.1. The van der Waals surface area contributed by atoms with Crippen LogP contribution >= 0.6 is 11.8 Å². The zero-order valence-corrected chi connectivity index (χ0v) is 11.6. The lowest BCUT2D eigenvalue weighted by Crippen LogP contribution is -2.35. The molecular weight excluding hydrogens is 246 g/mol. The molecule has 1 aliphatic rings. The van der Waals surface area contributed by atoms with E-state index in [1.807, 2.05) is 36.0 Å². The first-order chi connectivity index (χ1) is 8.79. The highest BCUT2D eigenvalue weighted by Gasteiger charge is 2.15. The molecule has 2 rings (SSSR count). The Morgan fingerprint density at radius 3 is 2.94 bits per heavy atom. The summed E-state index contributed by atoms with van der Waals surface area (Å²) < 4.78 is 5.17. The lowest BCUT2D eigenvalue weighted by atomic mass is 10.1. The third kappa shape index (κ3) is 3.90. The van der Waals surface area contributed by atoms with Crippen LogP contribution in [0.25, 0.3) is 0 Å². The van der Waals surface area contributed by atoms with Crippen LogP contribution < -0.4 is 10.1 Å². The van der Waals surface area contributed by atoms with Crippen LogP contribution in [-0.4, -0.2) is 36.3 Å². The third-order valence-corrected chi connectivity index (χ3v) is 4.35. The topological polar surface area (TPSA) is 41.5 Å². The maximum Gasteiger partial charge on any atom is 0.119 e. The number of benzene rings is 1. The van der Waals surface area contributed by atoms with Gasteiger partial charge in [-0.1, -0.05) is 12.1 Å². The molecule has 0 amide bonds. The monoisotopic (exact) mass is 267 g/mol. The summed E-state index contributed by atoms with van der Waals surface area (Å²) in [4.78, 5) is 0. The third-order valence-electron chi connectivity index (χ3n) is 3.30. The molecule has 18 heavy (non-hydrogen) atoms. The van der Waals surface area contributed by atoms with Crippen LogP contribution in [0.3, 0.4) is 0 Å². The first-order valence-corrected chi connectivity index (χ1v) is 7.58. The van der Waals surface area contributed by atoms with Crippen LogP contribution in [-0.2, 0) is 0 Å². The second-order valence-corrected chi connectivity index (χ2v) is 5.81. The molecular formula is C14H21NO2S. The zero-order chi connectivity index (χ0) is 12.8. The average molecular weight is 267 g/mol. The number of nitrogens with one attached hydrogen (secondary N) is 1. The molecule has 3 nitrogen and oxygen atoms in total. The van der Waals surface area contributed by atoms with Gasteiger partial charge in [0.15, 0.2) is 0 Å². The molecule has 0 unspecified atom stereocenters. The molecule has 2 N–H and O–H groups in total. The molecule has 1 aromatic rings. The Kier molecular flexibility index (Phi) is 5.35. The summed E-state index contributed by atoms with van der Waals surface area (Å²) in [6.07, 6.45) is 1.94. The molecule has 1 fully saturated rings. The smallest absolute Gasteiger partial charge is 0.119 e. The van der Waals surface area contributed by atoms with Gasteiger partial charge in [0.1, 0.15) is 5.75 Å². The van der Waals surface area contributed by atoms with E-state index in [1.54, 1.807) is 7.11 Å². The van der Waals surface area contributed by atoms with Crippen molar-refractivity contribution in [3.63, 3.8) is 0 Å². The second-order valence-electron chi connectivity index (χ2n) is 4.59. The van der Waals surface area contributed by atoms with Gasteiger partial charge < -0.3 is 15.2 Å². The molecule has 0 aromatic heterocycles. The van der Waals surface area contributed by atoms with Gasteiger partial charge in [0.2, 0.25) is 0 Å². The largest absolute Gasteiger partial charge is 0.497 e. The Labute approximate surface area is 113 Å². The van der Waals surface area contributed by atoms with E-state index in [9.17, 15) is 5.11 Å². The molecule has 0 bridgehead atoms. The summed E-state index contributed by atoms with van der Waals surface area (Å²) in [6.45, 7) is 0.614. The van der Waals surface area contributed by atoms with Gasteiger partial charge in [-0.15, -0.1) is 0 Å². The van der Waals surface area contributed by atoms with Crippen molar-refractivity contribution in [1.82, 2.24) is 5.32 Å². The fourth-order valence-electron chi connectivity index (χ4n) is 2.15. The summed E-state index contributed by atoms with van der Waals surface area (Å²) in [5.74, 6) is 3.25. The van der Waals surface area contributed by atoms with E-state index in [1.165, 1.54) is 24.3 Å². The number of thioether (sulfide) groups is 1. The van der Waals surface area contributed by atoms with Crippen molar-refractivity contribution >= 4 is 11.8 Å². The van der Waals surface area contributed by atoms with Crippen LogP contribution in [0.4, 0.5) is 0 Å². The predicted octanol–water partition coefficient (Wildman–Crippen LogP) is 2.21. The first-order valence-electron chi connectivity index (χ1n) is 6.42. The van der Waals surface area contributed by atoms with Gasteiger partial charge in [-0.25, -0.2) is 0 Å². The number of hydrogen-bond donors (Lipinski definition) is 2. The summed E-state index contributed by atoms with van der Waals surface area (Å²) >= 11 is 2.02. The Morgan fingerprint density at radius 1 is 1.44 bits per heavy atom. The fraction of sp³-hybridized carbons (Fsp3) is 0.571. The van der Waals surface area contributed by atoms with Gasteiger partial charge in [-0.2, -0.15) is 11.8 Å². The van der Waals surface area contributed by atoms with E-state index in [4.69, 9.17) is 4.74 Å². The van der Waals surface area contributed by atoms with Crippen molar-refractivity contribution in [3.05, 3.63) is 29.8 Å². The molecule has 1 aromatic carbocycles. The highest BCUT2D eigenvalue weighted by Crippen LogP contribution is 2.20. The Bertz CT molecular complexity index is 367. The van der Waals surface area contributed by atoms with Crippen molar-refractivity contribution in [2.75, 3.05) is 25.2 Å². The van der Waals surface area contributed by atoms with Crippen molar-refractivity contribution in [2.24, 2.45) is 0 Å². The number of aliphatic hydroxyl groups is 1. The molecule has 1 heterocycles. The number of aliphatic hydroxyl groups excluding tert-OH is 1. The van der Waals surface area contributed by atoms with E-state index >= 15 is 0 Å². The minimum atomic E-state index is -0.463. The normalized spacial score (nSPS) is 18.6. The molecule has 100 valence electrons. The Hall–Kier alpha value is -0.710. The average Bonchev–Trinajstić information content (AvgIpc) is 2.46. The minimum Gasteiger partial charge on any atom is -0.497 e. The van der Waals surface area contributed by atoms with Gasteiger partial charge in [-0.3, -0.25) is 0 Å². The van der Waals surface area contributed by atoms with E-state index in [0.29, 0.717) is 12.6 Å². The molecule has 0 radical (unpaired) electrons. The van der Waals surface area contributed by atoms with E-state index < -0.39 is 6.10 Å². The van der Waals surface area contributed by atoms with Crippen LogP contribution in [0, 0.1) is 0 Å². The Balaban J connectivity index is 1.84. The molecule has 0 aliphatic carbocycles. The van der Waals surface area contributed by atoms with Crippen LogP contribution in [0.5, 0.6) is 5.75 Å². The number of methoxy groups -OCH3 is 1. The van der Waals surface area contributed by atoms with Crippen LogP contribution in [0.15, 0.2) is 24.3 Å². The van der Waals surface area contributed by atoms with Crippen molar-refractivity contribution in [1.29, 1.82) is 0 Å². The molecule has 1 aliphatic heterocycles.